The number of ether oxygens (including phenoxy) is 3. The molecule has 0 spiro atoms. The Balaban J connectivity index is 4.21. The van der Waals surface area contributed by atoms with Crippen molar-refractivity contribution in [2.24, 2.45) is 0 Å². The van der Waals surface area contributed by atoms with E-state index in [9.17, 15) is 19.5 Å². The highest BCUT2D eigenvalue weighted by Crippen LogP contribution is 2.16. The molecule has 0 N–H and O–H groups in total. The predicted octanol–water partition coefficient (Wildman–Crippen LogP) is 13.3. The number of quaternary nitrogens is 1. The van der Waals surface area contributed by atoms with E-state index in [4.69, 9.17) is 14.2 Å². The Kier molecular flexibility index (Phi) is 42.3. The highest BCUT2D eigenvalue weighted by molar-refractivity contribution is 5.70. The molecule has 0 heterocycles. The molecule has 0 amide bonds. The lowest BCUT2D eigenvalue weighted by atomic mass is 10.0. The van der Waals surface area contributed by atoms with Crippen molar-refractivity contribution >= 4 is 17.9 Å². The van der Waals surface area contributed by atoms with Gasteiger partial charge in [-0.25, -0.2) is 0 Å². The van der Waals surface area contributed by atoms with Gasteiger partial charge in [-0.05, 0) is 38.5 Å². The summed E-state index contributed by atoms with van der Waals surface area (Å²) in [6.07, 6.45) is 48.1. The van der Waals surface area contributed by atoms with Gasteiger partial charge in [-0.3, -0.25) is 9.59 Å². The van der Waals surface area contributed by atoms with Gasteiger partial charge in [0.05, 0.1) is 40.3 Å². The number of hydrogen-bond donors (Lipinski definition) is 0. The van der Waals surface area contributed by atoms with Crippen molar-refractivity contribution in [2.75, 3.05) is 41.0 Å². The number of carboxylic acid groups (broad SMARTS) is 1. The molecule has 0 rings (SSSR count). The molecule has 354 valence electrons. The Labute approximate surface area is 371 Å². The van der Waals surface area contributed by atoms with Crippen LogP contribution in [0.25, 0.3) is 0 Å². The molecular weight excluding hydrogens is 751 g/mol. The number of carbonyl (C=O) groups excluding carboxylic acids is 3. The lowest BCUT2D eigenvalue weighted by Gasteiger charge is -2.34. The summed E-state index contributed by atoms with van der Waals surface area (Å²) < 4.78 is 17.2. The van der Waals surface area contributed by atoms with E-state index in [1.54, 1.807) is 0 Å². The van der Waals surface area contributed by atoms with E-state index in [1.165, 1.54) is 180 Å². The summed E-state index contributed by atoms with van der Waals surface area (Å²) in [4.78, 5) is 37.0. The lowest BCUT2D eigenvalue weighted by Crippen LogP contribution is -2.55. The molecule has 0 aromatic heterocycles. The van der Waals surface area contributed by atoms with Crippen LogP contribution >= 0.6 is 0 Å². The fourth-order valence-corrected chi connectivity index (χ4v) is 7.89. The number of aliphatic carboxylic acids is 1. The molecule has 0 aromatic rings. The van der Waals surface area contributed by atoms with Crippen molar-refractivity contribution in [1.29, 1.82) is 0 Å². The van der Waals surface area contributed by atoms with Gasteiger partial charge in [0.25, 0.3) is 0 Å². The molecule has 8 nitrogen and oxygen atoms in total. The highest BCUT2D eigenvalue weighted by atomic mass is 16.6. The molecule has 0 bridgehead atoms. The van der Waals surface area contributed by atoms with Gasteiger partial charge in [0.1, 0.15) is 12.6 Å². The lowest BCUT2D eigenvalue weighted by molar-refractivity contribution is -0.889. The summed E-state index contributed by atoms with van der Waals surface area (Å²) in [5.41, 5.74) is 0. The predicted molar refractivity (Wildman–Crippen MR) is 250 cm³/mol. The maximum atomic E-state index is 12.8. The zero-order valence-electron chi connectivity index (χ0n) is 40.4. The SMILES string of the molecule is CCCCCCCCCCCC/C=C/CCCCCCCCCC(=O)OC(COCCC(C(=O)[O-])[N+](C)(C)C)COC(=O)CCCCCCCCCCCCCCCCC. The Bertz CT molecular complexity index is 993. The van der Waals surface area contributed by atoms with E-state index < -0.39 is 18.1 Å². The Morgan fingerprint density at radius 2 is 0.833 bits per heavy atom. The van der Waals surface area contributed by atoms with Crippen LogP contribution in [0.2, 0.25) is 0 Å². The summed E-state index contributed by atoms with van der Waals surface area (Å²) in [6.45, 7) is 4.70. The molecule has 0 aliphatic rings. The number of unbranched alkanes of at least 4 members (excludes halogenated alkanes) is 31. The number of nitrogens with zero attached hydrogens (tertiary/aromatic N) is 1. The van der Waals surface area contributed by atoms with Gasteiger partial charge in [0.2, 0.25) is 0 Å². The molecule has 0 fully saturated rings. The fraction of sp³-hybridized carbons (Fsp3) is 0.904. The Hall–Kier alpha value is -1.93. The van der Waals surface area contributed by atoms with Crippen molar-refractivity contribution in [2.45, 2.75) is 264 Å². The molecule has 60 heavy (non-hydrogen) atoms. The number of likely N-dealkylation sites (N-methyl/N-ethyl adjacent to an activating group) is 1. The third-order valence-electron chi connectivity index (χ3n) is 11.9. The summed E-state index contributed by atoms with van der Waals surface area (Å²) >= 11 is 0. The average Bonchev–Trinajstić information content (AvgIpc) is 3.21. The van der Waals surface area contributed by atoms with Crippen LogP contribution in [0.5, 0.6) is 0 Å². The molecule has 0 aliphatic heterocycles. The quantitative estimate of drug-likeness (QED) is 0.0260. The number of carboxylic acids is 1. The van der Waals surface area contributed by atoms with Crippen LogP contribution in [-0.2, 0) is 28.6 Å². The average molecular weight is 850 g/mol. The maximum Gasteiger partial charge on any atom is 0.306 e. The van der Waals surface area contributed by atoms with Crippen molar-refractivity contribution < 1.29 is 38.2 Å². The van der Waals surface area contributed by atoms with Crippen molar-refractivity contribution in [1.82, 2.24) is 0 Å². The van der Waals surface area contributed by atoms with Crippen LogP contribution in [0.3, 0.4) is 0 Å². The maximum absolute atomic E-state index is 12.8. The Morgan fingerprint density at radius 3 is 1.20 bits per heavy atom. The van der Waals surface area contributed by atoms with Crippen LogP contribution < -0.4 is 5.11 Å². The van der Waals surface area contributed by atoms with E-state index in [0.717, 1.165) is 38.5 Å². The van der Waals surface area contributed by atoms with E-state index in [1.807, 2.05) is 21.1 Å². The van der Waals surface area contributed by atoms with E-state index in [2.05, 4.69) is 26.0 Å². The van der Waals surface area contributed by atoms with Crippen LogP contribution in [0.1, 0.15) is 251 Å². The summed E-state index contributed by atoms with van der Waals surface area (Å²) in [6, 6.07) is -0.723. The second-order valence-corrected chi connectivity index (χ2v) is 18.8. The van der Waals surface area contributed by atoms with Crippen LogP contribution in [0.4, 0.5) is 0 Å². The third kappa shape index (κ3) is 41.4. The minimum absolute atomic E-state index is 0.0450. The van der Waals surface area contributed by atoms with Gasteiger partial charge in [0.15, 0.2) is 6.10 Å². The molecule has 0 radical (unpaired) electrons. The smallest absolute Gasteiger partial charge is 0.306 e. The normalized spacial score (nSPS) is 12.9. The zero-order valence-corrected chi connectivity index (χ0v) is 40.4. The first-order valence-electron chi connectivity index (χ1n) is 25.7. The van der Waals surface area contributed by atoms with Gasteiger partial charge in [0, 0.05) is 19.3 Å². The second kappa shape index (κ2) is 43.7. The highest BCUT2D eigenvalue weighted by Gasteiger charge is 2.25. The summed E-state index contributed by atoms with van der Waals surface area (Å²) in [7, 11) is 5.42. The third-order valence-corrected chi connectivity index (χ3v) is 11.9. The first-order valence-corrected chi connectivity index (χ1v) is 25.7. The zero-order chi connectivity index (χ0) is 44.2. The molecule has 0 aromatic carbocycles. The first-order chi connectivity index (χ1) is 29.1. The summed E-state index contributed by atoms with van der Waals surface area (Å²) in [5, 5.41) is 11.7. The topological polar surface area (TPSA) is 102 Å². The van der Waals surface area contributed by atoms with Gasteiger partial charge >= 0.3 is 11.9 Å². The van der Waals surface area contributed by atoms with Gasteiger partial charge < -0.3 is 28.6 Å². The fourth-order valence-electron chi connectivity index (χ4n) is 7.89. The molecule has 0 saturated carbocycles. The van der Waals surface area contributed by atoms with Crippen molar-refractivity contribution in [3.8, 4) is 0 Å². The monoisotopic (exact) mass is 850 g/mol. The minimum Gasteiger partial charge on any atom is -0.544 e. The van der Waals surface area contributed by atoms with Gasteiger partial charge in [-0.15, -0.1) is 0 Å². The van der Waals surface area contributed by atoms with E-state index >= 15 is 0 Å². The number of esters is 2. The van der Waals surface area contributed by atoms with E-state index in [-0.39, 0.29) is 42.7 Å². The van der Waals surface area contributed by atoms with Crippen LogP contribution in [0.15, 0.2) is 12.2 Å². The molecule has 2 unspecified atom stereocenters. The first kappa shape index (κ1) is 58.1. The molecule has 0 aliphatic carbocycles. The number of rotatable bonds is 47. The van der Waals surface area contributed by atoms with Crippen molar-refractivity contribution in [3.05, 3.63) is 12.2 Å². The Morgan fingerprint density at radius 1 is 0.483 bits per heavy atom. The minimum atomic E-state index is -1.12. The molecular formula is C52H99NO7. The summed E-state index contributed by atoms with van der Waals surface area (Å²) in [5.74, 6) is -1.72. The van der Waals surface area contributed by atoms with Crippen molar-refractivity contribution in [3.63, 3.8) is 0 Å². The van der Waals surface area contributed by atoms with Crippen LogP contribution in [-0.4, -0.2) is 75.5 Å². The second-order valence-electron chi connectivity index (χ2n) is 18.8. The molecule has 8 heteroatoms. The standard InChI is InChI=1S/C52H99NO7/c1-6-8-10-12-14-16-18-20-22-23-24-25-26-27-29-31-33-35-37-39-41-43-51(55)60-48(46-58-45-44-49(52(56)57)53(3,4)5)47-59-50(54)42-40-38-36-34-32-30-28-21-19-17-15-13-11-9-7-2/h25-26,48-49H,6-24,27-47H2,1-5H3/b26-25+. The van der Waals surface area contributed by atoms with Crippen LogP contribution in [0, 0.1) is 0 Å². The van der Waals surface area contributed by atoms with Gasteiger partial charge in [-0.2, -0.15) is 0 Å². The molecule has 0 saturated heterocycles. The van der Waals surface area contributed by atoms with Gasteiger partial charge in [-0.1, -0.05) is 206 Å². The van der Waals surface area contributed by atoms with E-state index in [0.29, 0.717) is 12.8 Å². The largest absolute Gasteiger partial charge is 0.544 e. The number of hydrogen-bond acceptors (Lipinski definition) is 7. The number of allylic oxidation sites excluding steroid dienone is 2. The molecule has 2 atom stereocenters. The number of carbonyl (C=O) groups is 3.